The summed E-state index contributed by atoms with van der Waals surface area (Å²) in [5, 5.41) is 5.71. The predicted molar refractivity (Wildman–Crippen MR) is 84.3 cm³/mol. The largest absolute Gasteiger partial charge is 0.382 e. The topological polar surface area (TPSA) is 41.1 Å². The maximum Gasteiger partial charge on any atom is 0.257 e. The van der Waals surface area contributed by atoms with E-state index in [-0.39, 0.29) is 11.6 Å². The quantitative estimate of drug-likeness (QED) is 0.869. The molecule has 2 aromatic rings. The van der Waals surface area contributed by atoms with Gasteiger partial charge in [-0.15, -0.1) is 0 Å². The maximum absolute atomic E-state index is 13.8. The third kappa shape index (κ3) is 3.60. The fourth-order valence-corrected chi connectivity index (χ4v) is 2.14. The molecular weight excluding hydrogens is 267 g/mol. The number of carbonyl (C=O) groups is 1. The molecule has 0 unspecified atom stereocenters. The minimum atomic E-state index is -0.424. The van der Waals surface area contributed by atoms with Gasteiger partial charge in [-0.2, -0.15) is 0 Å². The van der Waals surface area contributed by atoms with Gasteiger partial charge < -0.3 is 10.6 Å². The number of hydrogen-bond acceptors (Lipinski definition) is 2. The Morgan fingerprint density at radius 1 is 1.14 bits per heavy atom. The van der Waals surface area contributed by atoms with Gasteiger partial charge in [0.2, 0.25) is 0 Å². The number of nitrogens with one attached hydrogen (secondary N) is 2. The van der Waals surface area contributed by atoms with Crippen molar-refractivity contribution in [1.82, 2.24) is 0 Å². The van der Waals surface area contributed by atoms with Gasteiger partial charge in [0.25, 0.3) is 5.91 Å². The molecule has 2 N–H and O–H groups in total. The summed E-state index contributed by atoms with van der Waals surface area (Å²) in [6, 6.07) is 12.1. The van der Waals surface area contributed by atoms with E-state index < -0.39 is 5.82 Å². The molecule has 3 nitrogen and oxygen atoms in total. The molecule has 0 aliphatic rings. The third-order valence-corrected chi connectivity index (χ3v) is 3.20. The fraction of sp³-hybridized carbons (Fsp3) is 0.235. The highest BCUT2D eigenvalue weighted by atomic mass is 19.1. The maximum atomic E-state index is 13.8. The van der Waals surface area contributed by atoms with Gasteiger partial charge in [-0.1, -0.05) is 25.1 Å². The number of aryl methyl sites for hydroxylation is 1. The van der Waals surface area contributed by atoms with E-state index in [1.54, 1.807) is 6.07 Å². The summed E-state index contributed by atoms with van der Waals surface area (Å²) in [4.78, 5) is 12.3. The first-order valence-electron chi connectivity index (χ1n) is 7.08. The molecule has 2 rings (SSSR count). The van der Waals surface area contributed by atoms with Gasteiger partial charge >= 0.3 is 0 Å². The highest BCUT2D eigenvalue weighted by Crippen LogP contribution is 2.21. The molecular formula is C17H19FN2O. The summed E-state index contributed by atoms with van der Waals surface area (Å²) in [6.45, 7) is 4.46. The highest BCUT2D eigenvalue weighted by molar-refractivity contribution is 6.08. The normalized spacial score (nSPS) is 10.2. The molecule has 0 aliphatic heterocycles. The molecule has 1 amide bonds. The molecule has 0 fully saturated rings. The van der Waals surface area contributed by atoms with Crippen LogP contribution >= 0.6 is 0 Å². The van der Waals surface area contributed by atoms with E-state index in [0.717, 1.165) is 12.0 Å². The number of amides is 1. The molecule has 0 bridgehead atoms. The Balaban J connectivity index is 2.26. The van der Waals surface area contributed by atoms with Crippen LogP contribution in [0.3, 0.4) is 0 Å². The minimum absolute atomic E-state index is 0.240. The number of rotatable bonds is 5. The smallest absolute Gasteiger partial charge is 0.257 e. The lowest BCUT2D eigenvalue weighted by Gasteiger charge is -2.12. The van der Waals surface area contributed by atoms with Crippen molar-refractivity contribution in [3.63, 3.8) is 0 Å². The lowest BCUT2D eigenvalue weighted by Crippen LogP contribution is -2.15. The molecule has 0 heterocycles. The van der Waals surface area contributed by atoms with Crippen LogP contribution in [-0.2, 0) is 6.42 Å². The van der Waals surface area contributed by atoms with E-state index in [4.69, 9.17) is 0 Å². The Morgan fingerprint density at radius 2 is 1.90 bits per heavy atom. The van der Waals surface area contributed by atoms with Gasteiger partial charge in [0.05, 0.1) is 11.3 Å². The predicted octanol–water partition coefficient (Wildman–Crippen LogP) is 4.07. The molecule has 0 atom stereocenters. The Bertz CT molecular complexity index is 640. The highest BCUT2D eigenvalue weighted by Gasteiger charge is 2.14. The first-order valence-corrected chi connectivity index (χ1v) is 7.08. The van der Waals surface area contributed by atoms with Crippen molar-refractivity contribution in [2.45, 2.75) is 20.3 Å². The molecule has 0 spiro atoms. The lowest BCUT2D eigenvalue weighted by molar-refractivity contribution is 0.102. The van der Waals surface area contributed by atoms with Gasteiger partial charge in [0.15, 0.2) is 0 Å². The van der Waals surface area contributed by atoms with Crippen molar-refractivity contribution in [2.75, 3.05) is 17.2 Å². The summed E-state index contributed by atoms with van der Waals surface area (Å²) in [5.41, 5.74) is 2.40. The van der Waals surface area contributed by atoms with Gasteiger partial charge in [-0.25, -0.2) is 4.39 Å². The Labute approximate surface area is 124 Å². The summed E-state index contributed by atoms with van der Waals surface area (Å²) in [5.74, 6) is -0.745. The van der Waals surface area contributed by atoms with E-state index in [2.05, 4.69) is 17.6 Å². The van der Waals surface area contributed by atoms with Crippen LogP contribution in [0, 0.1) is 5.82 Å². The van der Waals surface area contributed by atoms with Crippen molar-refractivity contribution in [1.29, 1.82) is 0 Å². The molecule has 21 heavy (non-hydrogen) atoms. The molecule has 0 saturated carbocycles. The van der Waals surface area contributed by atoms with Crippen LogP contribution < -0.4 is 10.6 Å². The SMILES string of the molecule is CCNc1c(F)cccc1C(=O)Nc1cccc(CC)c1. The number of para-hydroxylation sites is 1. The summed E-state index contributed by atoms with van der Waals surface area (Å²) < 4.78 is 13.8. The van der Waals surface area contributed by atoms with Gasteiger partial charge in [0, 0.05) is 12.2 Å². The van der Waals surface area contributed by atoms with Crippen molar-refractivity contribution in [3.8, 4) is 0 Å². The number of halogens is 1. The van der Waals surface area contributed by atoms with Crippen LogP contribution in [-0.4, -0.2) is 12.5 Å². The number of hydrogen-bond donors (Lipinski definition) is 2. The molecule has 4 heteroatoms. The van der Waals surface area contributed by atoms with Crippen molar-refractivity contribution in [3.05, 3.63) is 59.4 Å². The average Bonchev–Trinajstić information content (AvgIpc) is 2.49. The van der Waals surface area contributed by atoms with E-state index in [9.17, 15) is 9.18 Å². The first kappa shape index (κ1) is 15.0. The monoisotopic (exact) mass is 286 g/mol. The Hall–Kier alpha value is -2.36. The van der Waals surface area contributed by atoms with Crippen LogP contribution in [0.2, 0.25) is 0 Å². The zero-order valence-electron chi connectivity index (χ0n) is 12.2. The molecule has 0 aliphatic carbocycles. The molecule has 110 valence electrons. The van der Waals surface area contributed by atoms with E-state index in [1.807, 2.05) is 31.2 Å². The van der Waals surface area contributed by atoms with Crippen LogP contribution in [0.5, 0.6) is 0 Å². The lowest BCUT2D eigenvalue weighted by atomic mass is 10.1. The first-order chi connectivity index (χ1) is 10.2. The van der Waals surface area contributed by atoms with Crippen molar-refractivity contribution >= 4 is 17.3 Å². The molecule has 2 aromatic carbocycles. The summed E-state index contributed by atoms with van der Waals surface area (Å²) in [6.07, 6.45) is 0.895. The Morgan fingerprint density at radius 3 is 2.62 bits per heavy atom. The van der Waals surface area contributed by atoms with Crippen molar-refractivity contribution in [2.24, 2.45) is 0 Å². The number of anilines is 2. The Kier molecular flexibility index (Phi) is 4.93. The van der Waals surface area contributed by atoms with Crippen LogP contribution in [0.25, 0.3) is 0 Å². The van der Waals surface area contributed by atoms with E-state index in [1.165, 1.54) is 12.1 Å². The zero-order chi connectivity index (χ0) is 15.2. The number of carbonyl (C=O) groups excluding carboxylic acids is 1. The second-order valence-electron chi connectivity index (χ2n) is 4.70. The minimum Gasteiger partial charge on any atom is -0.382 e. The van der Waals surface area contributed by atoms with Gasteiger partial charge in [0.1, 0.15) is 5.82 Å². The second kappa shape index (κ2) is 6.88. The van der Waals surface area contributed by atoms with Gasteiger partial charge in [-0.05, 0) is 43.2 Å². The van der Waals surface area contributed by atoms with Crippen LogP contribution in [0.4, 0.5) is 15.8 Å². The summed E-state index contributed by atoms with van der Waals surface area (Å²) in [7, 11) is 0. The number of benzene rings is 2. The third-order valence-electron chi connectivity index (χ3n) is 3.20. The molecule has 0 aromatic heterocycles. The van der Waals surface area contributed by atoms with E-state index >= 15 is 0 Å². The summed E-state index contributed by atoms with van der Waals surface area (Å²) >= 11 is 0. The van der Waals surface area contributed by atoms with Crippen LogP contribution in [0.15, 0.2) is 42.5 Å². The standard InChI is InChI=1S/C17H19FN2O/c1-3-12-7-5-8-13(11-12)20-17(21)14-9-6-10-15(18)16(14)19-4-2/h5-11,19H,3-4H2,1-2H3,(H,20,21). The fourth-order valence-electron chi connectivity index (χ4n) is 2.14. The van der Waals surface area contributed by atoms with Crippen molar-refractivity contribution < 1.29 is 9.18 Å². The molecule has 0 radical (unpaired) electrons. The van der Waals surface area contributed by atoms with Gasteiger partial charge in [-0.3, -0.25) is 4.79 Å². The second-order valence-corrected chi connectivity index (χ2v) is 4.70. The molecule has 0 saturated heterocycles. The zero-order valence-corrected chi connectivity index (χ0v) is 12.2. The van der Waals surface area contributed by atoms with E-state index in [0.29, 0.717) is 17.8 Å². The average molecular weight is 286 g/mol. The van der Waals surface area contributed by atoms with Crippen LogP contribution in [0.1, 0.15) is 29.8 Å².